The lowest BCUT2D eigenvalue weighted by atomic mass is 9.92. The molecule has 0 spiro atoms. The van der Waals surface area contributed by atoms with Crippen molar-refractivity contribution in [3.05, 3.63) is 59.9 Å². The molecule has 3 heteroatoms. The van der Waals surface area contributed by atoms with Crippen molar-refractivity contribution in [1.29, 1.82) is 0 Å². The third kappa shape index (κ3) is 3.55. The first kappa shape index (κ1) is 13.6. The standard InChI is InChI=1S/C16H20N2O/c1-19-16-5-3-2-4-15(16)14(12-17)7-6-13-8-10-18-11-9-13/h2-5,8-11,14H,6-7,12,17H2,1H3. The highest BCUT2D eigenvalue weighted by Crippen LogP contribution is 2.29. The lowest BCUT2D eigenvalue weighted by Gasteiger charge is -2.18. The minimum absolute atomic E-state index is 0.323. The van der Waals surface area contributed by atoms with E-state index in [1.165, 1.54) is 11.1 Å². The predicted molar refractivity (Wildman–Crippen MR) is 77.3 cm³/mol. The van der Waals surface area contributed by atoms with Gasteiger partial charge in [-0.05, 0) is 48.7 Å². The normalized spacial score (nSPS) is 12.1. The molecular weight excluding hydrogens is 236 g/mol. The van der Waals surface area contributed by atoms with Crippen molar-refractivity contribution in [3.8, 4) is 5.75 Å². The second-order valence-electron chi connectivity index (χ2n) is 4.57. The van der Waals surface area contributed by atoms with Gasteiger partial charge in [0.2, 0.25) is 0 Å². The topological polar surface area (TPSA) is 48.1 Å². The van der Waals surface area contributed by atoms with E-state index in [0.29, 0.717) is 12.5 Å². The highest BCUT2D eigenvalue weighted by molar-refractivity contribution is 5.36. The van der Waals surface area contributed by atoms with Gasteiger partial charge in [0.25, 0.3) is 0 Å². The van der Waals surface area contributed by atoms with Crippen molar-refractivity contribution in [1.82, 2.24) is 4.98 Å². The number of benzene rings is 1. The van der Waals surface area contributed by atoms with E-state index in [4.69, 9.17) is 10.5 Å². The van der Waals surface area contributed by atoms with Gasteiger partial charge in [0.05, 0.1) is 7.11 Å². The molecule has 3 nitrogen and oxygen atoms in total. The number of hydrogen-bond donors (Lipinski definition) is 1. The van der Waals surface area contributed by atoms with Crippen LogP contribution in [0.25, 0.3) is 0 Å². The van der Waals surface area contributed by atoms with Crippen LogP contribution >= 0.6 is 0 Å². The van der Waals surface area contributed by atoms with Gasteiger partial charge in [-0.1, -0.05) is 18.2 Å². The van der Waals surface area contributed by atoms with Gasteiger partial charge >= 0.3 is 0 Å². The molecule has 1 unspecified atom stereocenters. The maximum atomic E-state index is 5.92. The number of aromatic nitrogens is 1. The molecule has 0 saturated heterocycles. The molecule has 0 radical (unpaired) electrons. The fraction of sp³-hybridized carbons (Fsp3) is 0.312. The van der Waals surface area contributed by atoms with Gasteiger partial charge in [-0.2, -0.15) is 0 Å². The van der Waals surface area contributed by atoms with E-state index in [2.05, 4.69) is 23.2 Å². The molecule has 0 bridgehead atoms. The summed E-state index contributed by atoms with van der Waals surface area (Å²) in [5.74, 6) is 1.25. The van der Waals surface area contributed by atoms with Crippen LogP contribution in [0.1, 0.15) is 23.5 Å². The van der Waals surface area contributed by atoms with Gasteiger partial charge in [0.15, 0.2) is 0 Å². The number of aryl methyl sites for hydroxylation is 1. The molecule has 2 N–H and O–H groups in total. The summed E-state index contributed by atoms with van der Waals surface area (Å²) in [5, 5.41) is 0. The van der Waals surface area contributed by atoms with Crippen LogP contribution in [0, 0.1) is 0 Å². The van der Waals surface area contributed by atoms with Crippen molar-refractivity contribution in [2.75, 3.05) is 13.7 Å². The largest absolute Gasteiger partial charge is 0.496 e. The molecule has 2 rings (SSSR count). The van der Waals surface area contributed by atoms with Crippen LogP contribution in [-0.2, 0) is 6.42 Å². The number of rotatable bonds is 6. The molecule has 1 atom stereocenters. The molecule has 1 aromatic carbocycles. The van der Waals surface area contributed by atoms with Crippen LogP contribution in [0.4, 0.5) is 0 Å². The lowest BCUT2D eigenvalue weighted by molar-refractivity contribution is 0.404. The van der Waals surface area contributed by atoms with Crippen LogP contribution in [0.2, 0.25) is 0 Å². The zero-order chi connectivity index (χ0) is 13.5. The van der Waals surface area contributed by atoms with Gasteiger partial charge in [-0.15, -0.1) is 0 Å². The fourth-order valence-corrected chi connectivity index (χ4v) is 2.29. The van der Waals surface area contributed by atoms with E-state index in [1.54, 1.807) is 7.11 Å². The van der Waals surface area contributed by atoms with E-state index >= 15 is 0 Å². The summed E-state index contributed by atoms with van der Waals surface area (Å²) >= 11 is 0. The minimum atomic E-state index is 0.323. The molecule has 1 aromatic heterocycles. The number of nitrogens with zero attached hydrogens (tertiary/aromatic N) is 1. The Morgan fingerprint density at radius 3 is 2.58 bits per heavy atom. The highest BCUT2D eigenvalue weighted by atomic mass is 16.5. The zero-order valence-corrected chi connectivity index (χ0v) is 11.3. The van der Waals surface area contributed by atoms with Crippen LogP contribution in [-0.4, -0.2) is 18.6 Å². The maximum Gasteiger partial charge on any atom is 0.122 e. The van der Waals surface area contributed by atoms with Crippen LogP contribution in [0.3, 0.4) is 0 Å². The Balaban J connectivity index is 2.08. The van der Waals surface area contributed by atoms with E-state index in [-0.39, 0.29) is 0 Å². The van der Waals surface area contributed by atoms with Gasteiger partial charge in [-0.25, -0.2) is 0 Å². The van der Waals surface area contributed by atoms with Gasteiger partial charge in [-0.3, -0.25) is 4.98 Å². The zero-order valence-electron chi connectivity index (χ0n) is 11.3. The molecule has 100 valence electrons. The highest BCUT2D eigenvalue weighted by Gasteiger charge is 2.14. The predicted octanol–water partition coefficient (Wildman–Crippen LogP) is 2.77. The van der Waals surface area contributed by atoms with E-state index < -0.39 is 0 Å². The SMILES string of the molecule is COc1ccccc1C(CN)CCc1ccncc1. The van der Waals surface area contributed by atoms with Crippen LogP contribution in [0.5, 0.6) is 5.75 Å². The van der Waals surface area contributed by atoms with Gasteiger partial charge in [0, 0.05) is 18.3 Å². The Kier molecular flexibility index (Phi) is 4.93. The van der Waals surface area contributed by atoms with Gasteiger partial charge < -0.3 is 10.5 Å². The number of hydrogen-bond acceptors (Lipinski definition) is 3. The maximum absolute atomic E-state index is 5.92. The first-order chi connectivity index (χ1) is 9.35. The molecule has 0 aliphatic heterocycles. The fourth-order valence-electron chi connectivity index (χ4n) is 2.29. The summed E-state index contributed by atoms with van der Waals surface area (Å²) in [6, 6.07) is 12.2. The number of ether oxygens (including phenoxy) is 1. The van der Waals surface area contributed by atoms with Crippen molar-refractivity contribution < 1.29 is 4.74 Å². The first-order valence-electron chi connectivity index (χ1n) is 6.57. The molecule has 1 heterocycles. The van der Waals surface area contributed by atoms with Crippen LogP contribution in [0.15, 0.2) is 48.8 Å². The van der Waals surface area contributed by atoms with Gasteiger partial charge in [0.1, 0.15) is 5.75 Å². The average Bonchev–Trinajstić information content (AvgIpc) is 2.49. The second kappa shape index (κ2) is 6.90. The monoisotopic (exact) mass is 256 g/mol. The summed E-state index contributed by atoms with van der Waals surface area (Å²) in [5.41, 5.74) is 8.42. The molecule has 0 fully saturated rings. The Hall–Kier alpha value is -1.87. The minimum Gasteiger partial charge on any atom is -0.496 e. The van der Waals surface area contributed by atoms with Crippen molar-refractivity contribution >= 4 is 0 Å². The summed E-state index contributed by atoms with van der Waals surface area (Å²) in [6.45, 7) is 0.630. The summed E-state index contributed by atoms with van der Waals surface area (Å²) in [4.78, 5) is 4.03. The van der Waals surface area contributed by atoms with E-state index in [1.807, 2.05) is 30.6 Å². The van der Waals surface area contributed by atoms with E-state index in [0.717, 1.165) is 18.6 Å². The second-order valence-corrected chi connectivity index (χ2v) is 4.57. The Labute approximate surface area is 114 Å². The molecule has 0 aliphatic carbocycles. The quantitative estimate of drug-likeness (QED) is 0.864. The molecule has 0 amide bonds. The molecule has 19 heavy (non-hydrogen) atoms. The number of pyridine rings is 1. The molecular formula is C16H20N2O. The Morgan fingerprint density at radius 1 is 1.16 bits per heavy atom. The molecule has 2 aromatic rings. The summed E-state index contributed by atoms with van der Waals surface area (Å²) in [6.07, 6.45) is 5.68. The molecule has 0 saturated carbocycles. The van der Waals surface area contributed by atoms with Crippen molar-refractivity contribution in [3.63, 3.8) is 0 Å². The average molecular weight is 256 g/mol. The number of para-hydroxylation sites is 1. The summed E-state index contributed by atoms with van der Waals surface area (Å²) in [7, 11) is 1.70. The number of methoxy groups -OCH3 is 1. The van der Waals surface area contributed by atoms with Crippen LogP contribution < -0.4 is 10.5 Å². The Morgan fingerprint density at radius 2 is 1.89 bits per heavy atom. The summed E-state index contributed by atoms with van der Waals surface area (Å²) < 4.78 is 5.41. The Bertz CT molecular complexity index is 499. The first-order valence-corrected chi connectivity index (χ1v) is 6.57. The van der Waals surface area contributed by atoms with E-state index in [9.17, 15) is 0 Å². The molecule has 0 aliphatic rings. The number of nitrogens with two attached hydrogens (primary N) is 1. The van der Waals surface area contributed by atoms with Crippen molar-refractivity contribution in [2.24, 2.45) is 5.73 Å². The smallest absolute Gasteiger partial charge is 0.122 e. The lowest BCUT2D eigenvalue weighted by Crippen LogP contribution is -2.14. The van der Waals surface area contributed by atoms with Crippen molar-refractivity contribution in [2.45, 2.75) is 18.8 Å². The third-order valence-corrected chi connectivity index (χ3v) is 3.39. The third-order valence-electron chi connectivity index (χ3n) is 3.39.